The number of benzene rings is 12. The number of nitrogens with zero attached hydrogens (tertiary/aromatic N) is 2. The van der Waals surface area contributed by atoms with Gasteiger partial charge >= 0.3 is 0 Å². The van der Waals surface area contributed by atoms with Crippen LogP contribution in [0, 0.1) is 27.7 Å². The van der Waals surface area contributed by atoms with Gasteiger partial charge in [0.1, 0.15) is 0 Å². The molecule has 374 valence electrons. The number of hydrogen-bond acceptors (Lipinski definition) is 2. The van der Waals surface area contributed by atoms with Crippen LogP contribution < -0.4 is 9.80 Å². The third-order valence-electron chi connectivity index (χ3n) is 15.1. The fourth-order valence-electron chi connectivity index (χ4n) is 11.4. The fraction of sp³-hybridized carbons (Fsp3) is 0.0526. The highest BCUT2D eigenvalue weighted by Gasteiger charge is 2.24. The molecule has 0 amide bonds. The Hall–Kier alpha value is -9.76. The van der Waals surface area contributed by atoms with Crippen molar-refractivity contribution in [2.45, 2.75) is 27.7 Å². The first kappa shape index (κ1) is 49.1. The van der Waals surface area contributed by atoms with Gasteiger partial charge in [-0.1, -0.05) is 231 Å². The lowest BCUT2D eigenvalue weighted by Gasteiger charge is -2.32. The van der Waals surface area contributed by atoms with Crippen molar-refractivity contribution in [2.24, 2.45) is 0 Å². The monoisotopic (exact) mass is 1000 g/mol. The van der Waals surface area contributed by atoms with Gasteiger partial charge in [-0.15, -0.1) is 0 Å². The average Bonchev–Trinajstić information content (AvgIpc) is 3.63. The molecule has 2 nitrogen and oxygen atoms in total. The molecular formula is C76H60N2. The third-order valence-corrected chi connectivity index (χ3v) is 15.1. The van der Waals surface area contributed by atoms with Gasteiger partial charge < -0.3 is 9.80 Å². The van der Waals surface area contributed by atoms with Crippen molar-refractivity contribution >= 4 is 34.1 Å². The molecule has 0 unspecified atom stereocenters. The van der Waals surface area contributed by atoms with Crippen LogP contribution >= 0.6 is 0 Å². The molecule has 0 heterocycles. The average molecular weight is 1000 g/mol. The molecule has 0 atom stereocenters. The van der Waals surface area contributed by atoms with Crippen LogP contribution in [0.25, 0.3) is 77.9 Å². The van der Waals surface area contributed by atoms with Crippen molar-refractivity contribution < 1.29 is 0 Å². The Balaban J connectivity index is 0.922. The highest BCUT2D eigenvalue weighted by molar-refractivity contribution is 5.93. The van der Waals surface area contributed by atoms with Gasteiger partial charge in [0.05, 0.1) is 22.7 Å². The highest BCUT2D eigenvalue weighted by atomic mass is 15.2. The zero-order chi connectivity index (χ0) is 53.0. The molecule has 12 aromatic rings. The summed E-state index contributed by atoms with van der Waals surface area (Å²) in [6, 6.07) is 106. The van der Waals surface area contributed by atoms with Crippen molar-refractivity contribution in [3.63, 3.8) is 0 Å². The Kier molecular flexibility index (Phi) is 13.8. The molecule has 12 aromatic carbocycles. The number of anilines is 6. The first-order chi connectivity index (χ1) is 38.3. The lowest BCUT2D eigenvalue weighted by Crippen LogP contribution is -2.14. The molecule has 0 radical (unpaired) electrons. The molecule has 0 aliphatic carbocycles. The lowest BCUT2D eigenvalue weighted by molar-refractivity contribution is 1.21. The molecule has 0 fully saturated rings. The van der Waals surface area contributed by atoms with Gasteiger partial charge in [0.2, 0.25) is 0 Å². The maximum Gasteiger partial charge on any atom is 0.0540 e. The second kappa shape index (κ2) is 21.8. The highest BCUT2D eigenvalue weighted by Crippen LogP contribution is 2.48. The number of para-hydroxylation sites is 2. The fourth-order valence-corrected chi connectivity index (χ4v) is 11.4. The zero-order valence-corrected chi connectivity index (χ0v) is 44.6. The van der Waals surface area contributed by atoms with Gasteiger partial charge in [-0.05, 0) is 177 Å². The van der Waals surface area contributed by atoms with Crippen LogP contribution in [-0.4, -0.2) is 0 Å². The minimum Gasteiger partial charge on any atom is -0.309 e. The van der Waals surface area contributed by atoms with Gasteiger partial charge in [0.25, 0.3) is 0 Å². The van der Waals surface area contributed by atoms with Gasteiger partial charge in [-0.25, -0.2) is 0 Å². The normalized spacial score (nSPS) is 11.1. The first-order valence-electron chi connectivity index (χ1n) is 27.0. The lowest BCUT2D eigenvalue weighted by atomic mass is 9.93. The molecule has 0 spiro atoms. The van der Waals surface area contributed by atoms with Crippen molar-refractivity contribution in [3.05, 3.63) is 313 Å². The Morgan fingerprint density at radius 2 is 0.410 bits per heavy atom. The third kappa shape index (κ3) is 9.96. The molecule has 78 heavy (non-hydrogen) atoms. The van der Waals surface area contributed by atoms with Crippen LogP contribution in [-0.2, 0) is 0 Å². The van der Waals surface area contributed by atoms with Crippen LogP contribution in [0.4, 0.5) is 34.1 Å². The first-order valence-corrected chi connectivity index (χ1v) is 27.0. The molecule has 0 saturated heterocycles. The molecule has 0 bridgehead atoms. The SMILES string of the molecule is Cc1cc(-c2cc(C)c(N(c3ccc(-c4ccc(-c5ccccc5)cc4)cc3)c3ccccc3-c3ccccc3)c(C)c2)cc(C)c1N(c1ccc(-c2ccc(-c3ccccc3)cc2)cc1)c1ccccc1-c1ccccc1. The standard InChI is InChI=1S/C76H60N2/c1-53-49-67(50-54(2)75(53)77(73-31-19-17-29-71(73)65-25-13-7-14-26-65)69-45-41-63(42-46-69)61-37-33-59(34-38-61)57-21-9-5-10-22-57)68-51-55(3)76(56(4)52-68)78(74-32-20-18-30-72(74)66-27-15-8-16-28-66)70-47-43-64(44-48-70)62-39-35-60(36-40-62)58-23-11-6-12-24-58/h5-52H,1-4H3. The summed E-state index contributed by atoms with van der Waals surface area (Å²) in [6.45, 7) is 9.07. The van der Waals surface area contributed by atoms with Crippen molar-refractivity contribution in [1.29, 1.82) is 0 Å². The van der Waals surface area contributed by atoms with Gasteiger partial charge in [0, 0.05) is 22.5 Å². The van der Waals surface area contributed by atoms with Crippen LogP contribution in [0.15, 0.2) is 291 Å². The van der Waals surface area contributed by atoms with Gasteiger partial charge in [-0.3, -0.25) is 0 Å². The van der Waals surface area contributed by atoms with E-state index in [0.29, 0.717) is 0 Å². The van der Waals surface area contributed by atoms with Crippen molar-refractivity contribution in [3.8, 4) is 77.9 Å². The van der Waals surface area contributed by atoms with E-state index in [0.717, 1.165) is 22.7 Å². The Labute approximate surface area is 460 Å². The zero-order valence-electron chi connectivity index (χ0n) is 44.6. The van der Waals surface area contributed by atoms with Crippen molar-refractivity contribution in [2.75, 3.05) is 9.80 Å². The molecule has 0 saturated carbocycles. The predicted molar refractivity (Wildman–Crippen MR) is 333 cm³/mol. The van der Waals surface area contributed by atoms with E-state index in [-0.39, 0.29) is 0 Å². The van der Waals surface area contributed by atoms with E-state index in [1.54, 1.807) is 0 Å². The maximum atomic E-state index is 2.46. The van der Waals surface area contributed by atoms with E-state index in [4.69, 9.17) is 0 Å². The minimum absolute atomic E-state index is 1.10. The largest absolute Gasteiger partial charge is 0.309 e. The molecule has 12 rings (SSSR count). The van der Waals surface area contributed by atoms with Gasteiger partial charge in [-0.2, -0.15) is 0 Å². The van der Waals surface area contributed by atoms with Crippen LogP contribution in [0.5, 0.6) is 0 Å². The summed E-state index contributed by atoms with van der Waals surface area (Å²) in [6.07, 6.45) is 0. The summed E-state index contributed by atoms with van der Waals surface area (Å²) >= 11 is 0. The van der Waals surface area contributed by atoms with Gasteiger partial charge in [0.15, 0.2) is 0 Å². The number of aryl methyl sites for hydroxylation is 4. The summed E-state index contributed by atoms with van der Waals surface area (Å²) in [7, 11) is 0. The van der Waals surface area contributed by atoms with Crippen LogP contribution in [0.2, 0.25) is 0 Å². The number of hydrogen-bond donors (Lipinski definition) is 0. The maximum absolute atomic E-state index is 2.46. The summed E-state index contributed by atoms with van der Waals surface area (Å²) in [5.41, 5.74) is 28.3. The Morgan fingerprint density at radius 3 is 0.692 bits per heavy atom. The molecule has 0 aliphatic heterocycles. The van der Waals surface area contributed by atoms with E-state index < -0.39 is 0 Å². The Morgan fingerprint density at radius 1 is 0.192 bits per heavy atom. The summed E-state index contributed by atoms with van der Waals surface area (Å²) in [5, 5.41) is 0. The van der Waals surface area contributed by atoms with Crippen LogP contribution in [0.1, 0.15) is 22.3 Å². The quantitative estimate of drug-likeness (QED) is 0.114. The summed E-state index contributed by atoms with van der Waals surface area (Å²) < 4.78 is 0. The minimum atomic E-state index is 1.10. The molecule has 2 heteroatoms. The Bertz CT molecular complexity index is 3680. The summed E-state index contributed by atoms with van der Waals surface area (Å²) in [4.78, 5) is 4.93. The second-order valence-corrected chi connectivity index (χ2v) is 20.3. The predicted octanol–water partition coefficient (Wildman–Crippen LogP) is 21.5. The van der Waals surface area contributed by atoms with E-state index >= 15 is 0 Å². The topological polar surface area (TPSA) is 6.48 Å². The van der Waals surface area contributed by atoms with E-state index in [2.05, 4.69) is 329 Å². The smallest absolute Gasteiger partial charge is 0.0540 e. The van der Waals surface area contributed by atoms with E-state index in [1.807, 2.05) is 0 Å². The van der Waals surface area contributed by atoms with E-state index in [9.17, 15) is 0 Å². The molecule has 0 aromatic heterocycles. The van der Waals surface area contributed by atoms with Crippen LogP contribution in [0.3, 0.4) is 0 Å². The second-order valence-electron chi connectivity index (χ2n) is 20.3. The molecule has 0 aliphatic rings. The van der Waals surface area contributed by atoms with E-state index in [1.165, 1.54) is 112 Å². The number of rotatable bonds is 13. The summed E-state index contributed by atoms with van der Waals surface area (Å²) in [5.74, 6) is 0. The molecular weight excluding hydrogens is 941 g/mol. The molecule has 0 N–H and O–H groups in total. The van der Waals surface area contributed by atoms with Crippen molar-refractivity contribution in [1.82, 2.24) is 0 Å².